The second kappa shape index (κ2) is 4.64. The average molecular weight is 206 g/mol. The summed E-state index contributed by atoms with van der Waals surface area (Å²) in [5.74, 6) is 0. The molecule has 2 N–H and O–H groups in total. The molecule has 1 saturated heterocycles. The van der Waals surface area contributed by atoms with Gasteiger partial charge in [-0.05, 0) is 24.6 Å². The molecule has 0 saturated carbocycles. The maximum absolute atomic E-state index is 9.40. The predicted molar refractivity (Wildman–Crippen MR) is 62.2 cm³/mol. The molecule has 3 heteroatoms. The van der Waals surface area contributed by atoms with Crippen molar-refractivity contribution in [2.24, 2.45) is 0 Å². The Labute approximate surface area is 90.7 Å². The third kappa shape index (κ3) is 2.49. The lowest BCUT2D eigenvalue weighted by molar-refractivity contribution is 0.199. The normalized spacial score (nSPS) is 18.9. The molecule has 1 aromatic rings. The number of rotatable bonds is 2. The Morgan fingerprint density at radius 2 is 1.80 bits per heavy atom. The standard InChI is InChI=1S/C12H18N2O/c1-10(15)11-2-4-12(5-3-11)14-8-6-13-7-9-14/h2-5,10,13,15H,6-9H2,1H3/t10-/m1/s1. The molecule has 82 valence electrons. The molecule has 15 heavy (non-hydrogen) atoms. The van der Waals surface area contributed by atoms with Gasteiger partial charge in [-0.1, -0.05) is 12.1 Å². The van der Waals surface area contributed by atoms with Crippen LogP contribution in [0.25, 0.3) is 0 Å². The summed E-state index contributed by atoms with van der Waals surface area (Å²) < 4.78 is 0. The lowest BCUT2D eigenvalue weighted by Gasteiger charge is -2.29. The summed E-state index contributed by atoms with van der Waals surface area (Å²) >= 11 is 0. The van der Waals surface area contributed by atoms with Crippen LogP contribution in [0.1, 0.15) is 18.6 Å². The average Bonchev–Trinajstić information content (AvgIpc) is 2.30. The van der Waals surface area contributed by atoms with Crippen LogP contribution < -0.4 is 10.2 Å². The first-order valence-electron chi connectivity index (χ1n) is 5.51. The monoisotopic (exact) mass is 206 g/mol. The zero-order valence-corrected chi connectivity index (χ0v) is 9.11. The molecule has 1 heterocycles. The summed E-state index contributed by atoms with van der Waals surface area (Å²) in [7, 11) is 0. The van der Waals surface area contributed by atoms with Crippen LogP contribution in [0.2, 0.25) is 0 Å². The maximum atomic E-state index is 9.40. The highest BCUT2D eigenvalue weighted by Gasteiger charge is 2.10. The number of aliphatic hydroxyl groups is 1. The van der Waals surface area contributed by atoms with Crippen molar-refractivity contribution in [3.05, 3.63) is 29.8 Å². The van der Waals surface area contributed by atoms with Gasteiger partial charge in [0.15, 0.2) is 0 Å². The van der Waals surface area contributed by atoms with Crippen LogP contribution >= 0.6 is 0 Å². The van der Waals surface area contributed by atoms with E-state index in [1.54, 1.807) is 6.92 Å². The Bertz CT molecular complexity index is 302. The minimum Gasteiger partial charge on any atom is -0.389 e. The van der Waals surface area contributed by atoms with Crippen molar-refractivity contribution >= 4 is 5.69 Å². The first-order valence-corrected chi connectivity index (χ1v) is 5.51. The smallest absolute Gasteiger partial charge is 0.0761 e. The Hall–Kier alpha value is -1.06. The number of aliphatic hydroxyl groups excluding tert-OH is 1. The van der Waals surface area contributed by atoms with Crippen molar-refractivity contribution in [1.82, 2.24) is 5.32 Å². The SMILES string of the molecule is C[C@@H](O)c1ccc(N2CCNCC2)cc1. The third-order valence-electron chi connectivity index (χ3n) is 2.86. The van der Waals surface area contributed by atoms with Crippen LogP contribution in [0.15, 0.2) is 24.3 Å². The van der Waals surface area contributed by atoms with Crippen molar-refractivity contribution in [3.8, 4) is 0 Å². The summed E-state index contributed by atoms with van der Waals surface area (Å²) in [6, 6.07) is 8.19. The summed E-state index contributed by atoms with van der Waals surface area (Å²) in [5, 5.41) is 12.7. The molecule has 0 amide bonds. The van der Waals surface area contributed by atoms with E-state index in [1.165, 1.54) is 5.69 Å². The molecular formula is C12H18N2O. The van der Waals surface area contributed by atoms with Gasteiger partial charge in [0, 0.05) is 31.9 Å². The molecule has 0 aromatic heterocycles. The van der Waals surface area contributed by atoms with Crippen molar-refractivity contribution in [1.29, 1.82) is 0 Å². The zero-order valence-electron chi connectivity index (χ0n) is 9.11. The molecule has 0 aliphatic carbocycles. The van der Waals surface area contributed by atoms with Crippen molar-refractivity contribution in [3.63, 3.8) is 0 Å². The number of nitrogens with one attached hydrogen (secondary N) is 1. The van der Waals surface area contributed by atoms with Gasteiger partial charge in [-0.25, -0.2) is 0 Å². The van der Waals surface area contributed by atoms with Gasteiger partial charge >= 0.3 is 0 Å². The van der Waals surface area contributed by atoms with Crippen molar-refractivity contribution in [2.45, 2.75) is 13.0 Å². The molecule has 1 aromatic carbocycles. The first kappa shape index (κ1) is 10.5. The van der Waals surface area contributed by atoms with Gasteiger partial charge in [-0.15, -0.1) is 0 Å². The number of anilines is 1. The summed E-state index contributed by atoms with van der Waals surface area (Å²) in [6.07, 6.45) is -0.373. The topological polar surface area (TPSA) is 35.5 Å². The molecule has 0 radical (unpaired) electrons. The molecule has 3 nitrogen and oxygen atoms in total. The molecule has 1 aliphatic heterocycles. The second-order valence-corrected chi connectivity index (χ2v) is 4.00. The lowest BCUT2D eigenvalue weighted by Crippen LogP contribution is -2.43. The van der Waals surface area contributed by atoms with Crippen LogP contribution in [0.4, 0.5) is 5.69 Å². The maximum Gasteiger partial charge on any atom is 0.0761 e. The zero-order chi connectivity index (χ0) is 10.7. The molecule has 0 spiro atoms. The Balaban J connectivity index is 2.08. The number of nitrogens with zero attached hydrogens (tertiary/aromatic N) is 1. The quantitative estimate of drug-likeness (QED) is 0.762. The summed E-state index contributed by atoms with van der Waals surface area (Å²) in [5.41, 5.74) is 2.23. The van der Waals surface area contributed by atoms with Crippen LogP contribution in [-0.2, 0) is 0 Å². The Kier molecular flexibility index (Phi) is 3.23. The van der Waals surface area contributed by atoms with Gasteiger partial charge in [0.25, 0.3) is 0 Å². The van der Waals surface area contributed by atoms with E-state index in [1.807, 2.05) is 12.1 Å². The van der Waals surface area contributed by atoms with Gasteiger partial charge in [0.2, 0.25) is 0 Å². The van der Waals surface area contributed by atoms with E-state index in [0.717, 1.165) is 31.7 Å². The fourth-order valence-corrected chi connectivity index (χ4v) is 1.89. The van der Waals surface area contributed by atoms with E-state index >= 15 is 0 Å². The van der Waals surface area contributed by atoms with Crippen LogP contribution in [0.3, 0.4) is 0 Å². The summed E-state index contributed by atoms with van der Waals surface area (Å²) in [6.45, 7) is 6.03. The second-order valence-electron chi connectivity index (χ2n) is 4.00. The van der Waals surface area contributed by atoms with E-state index < -0.39 is 0 Å². The fourth-order valence-electron chi connectivity index (χ4n) is 1.89. The number of piperazine rings is 1. The fraction of sp³-hybridized carbons (Fsp3) is 0.500. The van der Waals surface area contributed by atoms with Gasteiger partial charge in [0.1, 0.15) is 0 Å². The van der Waals surface area contributed by atoms with E-state index in [-0.39, 0.29) is 6.10 Å². The number of benzene rings is 1. The molecule has 0 bridgehead atoms. The molecule has 1 aliphatic rings. The van der Waals surface area contributed by atoms with E-state index in [0.29, 0.717) is 0 Å². The molecule has 1 atom stereocenters. The highest BCUT2D eigenvalue weighted by Crippen LogP contribution is 2.19. The van der Waals surface area contributed by atoms with Gasteiger partial charge in [-0.3, -0.25) is 0 Å². The Morgan fingerprint density at radius 3 is 2.33 bits per heavy atom. The molecule has 1 fully saturated rings. The van der Waals surface area contributed by atoms with Crippen LogP contribution in [-0.4, -0.2) is 31.3 Å². The highest BCUT2D eigenvalue weighted by molar-refractivity contribution is 5.48. The minimum atomic E-state index is -0.373. The minimum absolute atomic E-state index is 0.373. The summed E-state index contributed by atoms with van der Waals surface area (Å²) in [4.78, 5) is 2.36. The van der Waals surface area contributed by atoms with Crippen LogP contribution in [0.5, 0.6) is 0 Å². The largest absolute Gasteiger partial charge is 0.389 e. The first-order chi connectivity index (χ1) is 7.27. The van der Waals surface area contributed by atoms with Gasteiger partial charge in [0.05, 0.1) is 6.10 Å². The number of hydrogen-bond donors (Lipinski definition) is 2. The van der Waals surface area contributed by atoms with Crippen molar-refractivity contribution < 1.29 is 5.11 Å². The molecular weight excluding hydrogens is 188 g/mol. The molecule has 2 rings (SSSR count). The highest BCUT2D eigenvalue weighted by atomic mass is 16.3. The van der Waals surface area contributed by atoms with E-state index in [9.17, 15) is 5.11 Å². The molecule has 0 unspecified atom stereocenters. The third-order valence-corrected chi connectivity index (χ3v) is 2.86. The van der Waals surface area contributed by atoms with E-state index in [4.69, 9.17) is 0 Å². The van der Waals surface area contributed by atoms with Gasteiger partial charge in [-0.2, -0.15) is 0 Å². The van der Waals surface area contributed by atoms with E-state index in [2.05, 4.69) is 22.3 Å². The number of hydrogen-bond acceptors (Lipinski definition) is 3. The predicted octanol–water partition coefficient (Wildman–Crippen LogP) is 1.15. The lowest BCUT2D eigenvalue weighted by atomic mass is 10.1. The Morgan fingerprint density at radius 1 is 1.20 bits per heavy atom. The van der Waals surface area contributed by atoms with Crippen LogP contribution in [0, 0.1) is 0 Å². The van der Waals surface area contributed by atoms with Crippen molar-refractivity contribution in [2.75, 3.05) is 31.1 Å². The van der Waals surface area contributed by atoms with Gasteiger partial charge < -0.3 is 15.3 Å².